The number of hydrogen-bond acceptors (Lipinski definition) is 11. The first-order chi connectivity index (χ1) is 16.5. The Labute approximate surface area is 212 Å². The standard InChI is InChI=1S/C13H22O5.C12H18O6/c1-7-9-11(18-13(4,5)17-9)10(15-7)8-6-14-12(2,3)16-8;1-11(2)14-5-6(16-11)7-8-9(10(13)15-7)18-12(3,4)17-8/h7-11H,6H2,1-5H3;6-9H,5H2,1-4H3/t7?,8?,9?,10-,11?;6?,7-,8?,9?/m00/s1. The molecule has 0 radical (unpaired) electrons. The largest absolute Gasteiger partial charge is 0.455 e. The molecule has 0 aromatic heterocycles. The lowest BCUT2D eigenvalue weighted by atomic mass is 10.1. The number of carbonyl (C=O) groups excluding carboxylic acids is 1. The van der Waals surface area contributed by atoms with Gasteiger partial charge in [-0.25, -0.2) is 4.79 Å². The lowest BCUT2D eigenvalue weighted by Gasteiger charge is -2.26. The number of esters is 1. The van der Waals surface area contributed by atoms with Gasteiger partial charge in [-0.15, -0.1) is 0 Å². The van der Waals surface area contributed by atoms with Crippen molar-refractivity contribution in [2.24, 2.45) is 0 Å². The average Bonchev–Trinajstić information content (AvgIpc) is 3.54. The van der Waals surface area contributed by atoms with Gasteiger partial charge in [0.1, 0.15) is 36.6 Å². The monoisotopic (exact) mass is 516 g/mol. The van der Waals surface area contributed by atoms with Crippen LogP contribution < -0.4 is 0 Å². The fourth-order valence-electron chi connectivity index (χ4n) is 5.66. The Kier molecular flexibility index (Phi) is 6.54. The molecule has 0 saturated carbocycles. The van der Waals surface area contributed by atoms with Crippen molar-refractivity contribution in [1.29, 1.82) is 0 Å². The highest BCUT2D eigenvalue weighted by Crippen LogP contribution is 2.42. The van der Waals surface area contributed by atoms with Crippen LogP contribution in [-0.4, -0.2) is 97.3 Å². The molecule has 0 aromatic carbocycles. The summed E-state index contributed by atoms with van der Waals surface area (Å²) in [5.74, 6) is -2.87. The van der Waals surface area contributed by atoms with E-state index >= 15 is 0 Å². The van der Waals surface area contributed by atoms with Gasteiger partial charge < -0.3 is 47.4 Å². The van der Waals surface area contributed by atoms with Gasteiger partial charge in [0, 0.05) is 0 Å². The van der Waals surface area contributed by atoms with Gasteiger partial charge in [-0.2, -0.15) is 0 Å². The number of rotatable bonds is 2. The predicted octanol–water partition coefficient (Wildman–Crippen LogP) is 2.03. The Morgan fingerprint density at radius 2 is 1.08 bits per heavy atom. The lowest BCUT2D eigenvalue weighted by Crippen LogP contribution is -2.40. The Hall–Kier alpha value is -0.890. The number of ether oxygens (including phenoxy) is 10. The van der Waals surface area contributed by atoms with Crippen LogP contribution in [0.15, 0.2) is 0 Å². The third-order valence-corrected chi connectivity index (χ3v) is 7.05. The van der Waals surface area contributed by atoms with Crippen molar-refractivity contribution in [3.8, 4) is 0 Å². The summed E-state index contributed by atoms with van der Waals surface area (Å²) in [5, 5.41) is 0. The summed E-state index contributed by atoms with van der Waals surface area (Å²) in [7, 11) is 0. The van der Waals surface area contributed by atoms with Crippen molar-refractivity contribution >= 4 is 5.97 Å². The molecular weight excluding hydrogens is 476 g/mol. The third kappa shape index (κ3) is 5.19. The van der Waals surface area contributed by atoms with E-state index in [-0.39, 0.29) is 42.6 Å². The SMILES string of the molecule is CC1(C)OCC([C@@H]2OC(=O)C3OC(C)(C)OC32)O1.CC1O[C@@H](C2COC(C)(C)O2)C2OC(C)(C)OC12. The van der Waals surface area contributed by atoms with Crippen LogP contribution in [-0.2, 0) is 52.2 Å². The summed E-state index contributed by atoms with van der Waals surface area (Å²) in [6.45, 7) is 17.9. The van der Waals surface area contributed by atoms with Crippen LogP contribution >= 0.6 is 0 Å². The molecule has 6 aliphatic rings. The van der Waals surface area contributed by atoms with Crippen LogP contribution in [0.3, 0.4) is 0 Å². The molecule has 6 fully saturated rings. The van der Waals surface area contributed by atoms with Gasteiger partial charge in [0.25, 0.3) is 0 Å². The van der Waals surface area contributed by atoms with Crippen LogP contribution in [0.25, 0.3) is 0 Å². The Morgan fingerprint density at radius 1 is 0.583 bits per heavy atom. The smallest absolute Gasteiger partial charge is 0.338 e. The van der Waals surface area contributed by atoms with Gasteiger partial charge >= 0.3 is 5.97 Å². The van der Waals surface area contributed by atoms with E-state index < -0.39 is 41.5 Å². The van der Waals surface area contributed by atoms with Crippen LogP contribution in [0.4, 0.5) is 0 Å². The maximum absolute atomic E-state index is 11.7. The first kappa shape index (κ1) is 26.7. The number of carbonyl (C=O) groups is 1. The molecule has 206 valence electrons. The summed E-state index contributed by atoms with van der Waals surface area (Å²) in [5.41, 5.74) is 0. The molecular formula is C25H40O11. The zero-order chi connectivity index (χ0) is 26.3. The van der Waals surface area contributed by atoms with Crippen molar-refractivity contribution in [3.05, 3.63) is 0 Å². The minimum absolute atomic E-state index is 0.0164. The van der Waals surface area contributed by atoms with E-state index in [0.717, 1.165) is 0 Å². The minimum atomic E-state index is -0.762. The second-order valence-electron chi connectivity index (χ2n) is 12.0. The predicted molar refractivity (Wildman–Crippen MR) is 122 cm³/mol. The van der Waals surface area contributed by atoms with E-state index in [9.17, 15) is 4.79 Å². The first-order valence-electron chi connectivity index (χ1n) is 12.8. The summed E-state index contributed by atoms with van der Waals surface area (Å²) in [6.07, 6.45) is -2.12. The van der Waals surface area contributed by atoms with Gasteiger partial charge in [0.15, 0.2) is 35.4 Å². The van der Waals surface area contributed by atoms with Gasteiger partial charge in [-0.05, 0) is 62.3 Å². The van der Waals surface area contributed by atoms with E-state index in [1.807, 2.05) is 48.5 Å². The van der Waals surface area contributed by atoms with E-state index in [4.69, 9.17) is 47.4 Å². The van der Waals surface area contributed by atoms with Gasteiger partial charge in [-0.3, -0.25) is 0 Å². The molecule has 0 spiro atoms. The summed E-state index contributed by atoms with van der Waals surface area (Å²) in [4.78, 5) is 11.7. The highest BCUT2D eigenvalue weighted by Gasteiger charge is 2.60. The second kappa shape index (κ2) is 8.82. The highest BCUT2D eigenvalue weighted by molar-refractivity contribution is 5.78. The minimum Gasteiger partial charge on any atom is -0.455 e. The topological polar surface area (TPSA) is 109 Å². The molecule has 0 bridgehead atoms. The van der Waals surface area contributed by atoms with Crippen molar-refractivity contribution in [2.45, 2.75) is 140 Å². The molecule has 36 heavy (non-hydrogen) atoms. The zero-order valence-corrected chi connectivity index (χ0v) is 22.6. The summed E-state index contributed by atoms with van der Waals surface area (Å²) in [6, 6.07) is 0. The van der Waals surface area contributed by atoms with Crippen LogP contribution in [0.1, 0.15) is 62.3 Å². The molecule has 0 amide bonds. The molecule has 6 rings (SSSR count). The van der Waals surface area contributed by atoms with Crippen molar-refractivity contribution in [2.75, 3.05) is 13.2 Å². The maximum atomic E-state index is 11.7. The quantitative estimate of drug-likeness (QED) is 0.503. The average molecular weight is 517 g/mol. The summed E-state index contributed by atoms with van der Waals surface area (Å²) < 4.78 is 57.0. The van der Waals surface area contributed by atoms with Gasteiger partial charge in [0.2, 0.25) is 0 Å². The lowest BCUT2D eigenvalue weighted by molar-refractivity contribution is -0.204. The van der Waals surface area contributed by atoms with E-state index in [0.29, 0.717) is 13.2 Å². The van der Waals surface area contributed by atoms with Crippen molar-refractivity contribution < 1.29 is 52.2 Å². The number of cyclic esters (lactones) is 1. The molecule has 6 heterocycles. The van der Waals surface area contributed by atoms with Crippen LogP contribution in [0, 0.1) is 0 Å². The molecule has 0 aliphatic carbocycles. The van der Waals surface area contributed by atoms with E-state index in [1.54, 1.807) is 13.8 Å². The Bertz CT molecular complexity index is 855. The molecule has 7 unspecified atom stereocenters. The number of fused-ring (bicyclic) bond motifs is 2. The molecule has 9 atom stereocenters. The molecule has 0 N–H and O–H groups in total. The van der Waals surface area contributed by atoms with Gasteiger partial charge in [-0.1, -0.05) is 0 Å². The first-order valence-corrected chi connectivity index (χ1v) is 12.8. The fraction of sp³-hybridized carbons (Fsp3) is 0.960. The third-order valence-electron chi connectivity index (χ3n) is 7.05. The van der Waals surface area contributed by atoms with Crippen molar-refractivity contribution in [1.82, 2.24) is 0 Å². The molecule has 6 saturated heterocycles. The zero-order valence-electron chi connectivity index (χ0n) is 22.6. The highest BCUT2D eigenvalue weighted by atomic mass is 16.8. The molecule has 0 aromatic rings. The van der Waals surface area contributed by atoms with Crippen LogP contribution in [0.5, 0.6) is 0 Å². The normalized spacial score (nSPS) is 47.2. The van der Waals surface area contributed by atoms with E-state index in [1.165, 1.54) is 0 Å². The van der Waals surface area contributed by atoms with Crippen molar-refractivity contribution in [3.63, 3.8) is 0 Å². The Balaban J connectivity index is 0.000000148. The number of hydrogen-bond donors (Lipinski definition) is 0. The summed E-state index contributed by atoms with van der Waals surface area (Å²) >= 11 is 0. The van der Waals surface area contributed by atoms with Gasteiger partial charge in [0.05, 0.1) is 19.3 Å². The Morgan fingerprint density at radius 3 is 1.64 bits per heavy atom. The maximum Gasteiger partial charge on any atom is 0.338 e. The molecule has 11 nitrogen and oxygen atoms in total. The van der Waals surface area contributed by atoms with Crippen LogP contribution in [0.2, 0.25) is 0 Å². The van der Waals surface area contributed by atoms with E-state index in [2.05, 4.69) is 0 Å². The fourth-order valence-corrected chi connectivity index (χ4v) is 5.66. The molecule has 11 heteroatoms. The molecule has 6 aliphatic heterocycles. The second-order valence-corrected chi connectivity index (χ2v) is 12.0.